The average Bonchev–Trinajstić information content (AvgIpc) is 2.67. The summed E-state index contributed by atoms with van der Waals surface area (Å²) in [5.41, 5.74) is 2.45. The van der Waals surface area contributed by atoms with Gasteiger partial charge in [-0.25, -0.2) is 12.8 Å². The highest BCUT2D eigenvalue weighted by atomic mass is 35.5. The number of hydrogen-bond acceptors (Lipinski definition) is 3. The van der Waals surface area contributed by atoms with E-state index in [4.69, 9.17) is 11.6 Å². The normalized spacial score (nSPS) is 11.2. The third-order valence-electron chi connectivity index (χ3n) is 4.21. The number of nitrogens with one attached hydrogen (secondary N) is 2. The van der Waals surface area contributed by atoms with E-state index in [2.05, 4.69) is 10.0 Å². The molecule has 3 rings (SSSR count). The highest BCUT2D eigenvalue weighted by Gasteiger charge is 2.17. The molecule has 2 N–H and O–H groups in total. The van der Waals surface area contributed by atoms with Gasteiger partial charge in [-0.1, -0.05) is 23.7 Å². The Bertz CT molecular complexity index is 1180. The number of halogens is 2. The van der Waals surface area contributed by atoms with E-state index in [1.807, 2.05) is 13.0 Å². The molecule has 0 saturated heterocycles. The summed E-state index contributed by atoms with van der Waals surface area (Å²) < 4.78 is 41.0. The van der Waals surface area contributed by atoms with Crippen LogP contribution in [0.4, 0.5) is 15.8 Å². The van der Waals surface area contributed by atoms with Gasteiger partial charge in [-0.05, 0) is 73.5 Å². The summed E-state index contributed by atoms with van der Waals surface area (Å²) in [5.74, 6) is -1.01. The Labute approximate surface area is 173 Å². The number of benzene rings is 3. The van der Waals surface area contributed by atoms with Crippen LogP contribution in [0.2, 0.25) is 5.02 Å². The van der Waals surface area contributed by atoms with Gasteiger partial charge in [0.2, 0.25) is 0 Å². The molecule has 3 aromatic rings. The lowest BCUT2D eigenvalue weighted by atomic mass is 10.2. The van der Waals surface area contributed by atoms with Gasteiger partial charge in [0.15, 0.2) is 0 Å². The van der Waals surface area contributed by atoms with E-state index in [9.17, 15) is 17.6 Å². The molecule has 0 unspecified atom stereocenters. The SMILES string of the molecule is Cc1ccc(C)c(S(=O)(=O)Nc2ccc(C(=O)Nc3ccc(F)c(Cl)c3)cc2)c1. The molecule has 1 amide bonds. The zero-order valence-electron chi connectivity index (χ0n) is 15.7. The van der Waals surface area contributed by atoms with E-state index in [-0.39, 0.29) is 9.92 Å². The number of rotatable bonds is 5. The summed E-state index contributed by atoms with van der Waals surface area (Å²) in [6.07, 6.45) is 0. The molecule has 0 aromatic heterocycles. The standard InChI is InChI=1S/C21H18ClFN2O3S/c1-13-3-4-14(2)20(11-13)29(27,28)25-16-7-5-15(6-8-16)21(26)24-17-9-10-19(23)18(22)12-17/h3-12,25H,1-2H3,(H,24,26). The van der Waals surface area contributed by atoms with Crippen molar-refractivity contribution in [1.82, 2.24) is 0 Å². The van der Waals surface area contributed by atoms with Crippen molar-refractivity contribution < 1.29 is 17.6 Å². The zero-order chi connectivity index (χ0) is 21.2. The van der Waals surface area contributed by atoms with Crippen LogP contribution in [0.25, 0.3) is 0 Å². The van der Waals surface area contributed by atoms with E-state index in [0.717, 1.165) is 11.6 Å². The Kier molecular flexibility index (Phi) is 5.91. The monoisotopic (exact) mass is 432 g/mol. The molecular weight excluding hydrogens is 415 g/mol. The summed E-state index contributed by atoms with van der Waals surface area (Å²) in [5, 5.41) is 2.51. The highest BCUT2D eigenvalue weighted by molar-refractivity contribution is 7.92. The van der Waals surface area contributed by atoms with Crippen molar-refractivity contribution in [3.8, 4) is 0 Å². The lowest BCUT2D eigenvalue weighted by Crippen LogP contribution is -2.15. The summed E-state index contributed by atoms with van der Waals surface area (Å²) in [4.78, 5) is 12.5. The molecule has 0 bridgehead atoms. The largest absolute Gasteiger partial charge is 0.322 e. The quantitative estimate of drug-likeness (QED) is 0.585. The van der Waals surface area contributed by atoms with Crippen LogP contribution in [0.5, 0.6) is 0 Å². The fraction of sp³-hybridized carbons (Fsp3) is 0.0952. The van der Waals surface area contributed by atoms with Crippen LogP contribution in [0, 0.1) is 19.7 Å². The van der Waals surface area contributed by atoms with Gasteiger partial charge in [0.25, 0.3) is 15.9 Å². The Balaban J connectivity index is 1.75. The third-order valence-corrected chi connectivity index (χ3v) is 6.02. The van der Waals surface area contributed by atoms with Gasteiger partial charge in [-0.2, -0.15) is 0 Å². The number of amides is 1. The van der Waals surface area contributed by atoms with Crippen molar-refractivity contribution in [3.63, 3.8) is 0 Å². The van der Waals surface area contributed by atoms with Crippen LogP contribution >= 0.6 is 11.6 Å². The van der Waals surface area contributed by atoms with Gasteiger partial charge in [-0.3, -0.25) is 9.52 Å². The van der Waals surface area contributed by atoms with Crippen LogP contribution in [0.1, 0.15) is 21.5 Å². The maximum atomic E-state index is 13.2. The molecule has 0 saturated carbocycles. The Morgan fingerprint density at radius 3 is 2.24 bits per heavy atom. The van der Waals surface area contributed by atoms with E-state index in [1.165, 1.54) is 36.4 Å². The van der Waals surface area contributed by atoms with Crippen molar-refractivity contribution in [2.75, 3.05) is 10.0 Å². The summed E-state index contributed by atoms with van der Waals surface area (Å²) in [6, 6.07) is 15.0. The van der Waals surface area contributed by atoms with Crippen molar-refractivity contribution in [2.45, 2.75) is 18.7 Å². The molecule has 0 atom stereocenters. The minimum absolute atomic E-state index is 0.0982. The fourth-order valence-electron chi connectivity index (χ4n) is 2.67. The second kappa shape index (κ2) is 8.23. The first kappa shape index (κ1) is 20.8. The molecule has 0 radical (unpaired) electrons. The highest BCUT2D eigenvalue weighted by Crippen LogP contribution is 2.22. The van der Waals surface area contributed by atoms with Crippen molar-refractivity contribution in [3.05, 3.63) is 88.2 Å². The molecule has 0 heterocycles. The Morgan fingerprint density at radius 2 is 1.59 bits per heavy atom. The average molecular weight is 433 g/mol. The van der Waals surface area contributed by atoms with E-state index >= 15 is 0 Å². The van der Waals surface area contributed by atoms with Gasteiger partial charge in [0.05, 0.1) is 9.92 Å². The Morgan fingerprint density at radius 1 is 0.931 bits per heavy atom. The number of aryl methyl sites for hydroxylation is 2. The van der Waals surface area contributed by atoms with Crippen LogP contribution in [0.15, 0.2) is 65.6 Å². The lowest BCUT2D eigenvalue weighted by molar-refractivity contribution is 0.102. The van der Waals surface area contributed by atoms with E-state index in [0.29, 0.717) is 22.5 Å². The molecule has 150 valence electrons. The van der Waals surface area contributed by atoms with Crippen molar-refractivity contribution in [1.29, 1.82) is 0 Å². The number of sulfonamides is 1. The molecular formula is C21H18ClFN2O3S. The molecule has 0 spiro atoms. The zero-order valence-corrected chi connectivity index (χ0v) is 17.2. The van der Waals surface area contributed by atoms with E-state index in [1.54, 1.807) is 19.1 Å². The molecule has 0 fully saturated rings. The molecule has 3 aromatic carbocycles. The first-order chi connectivity index (χ1) is 13.7. The molecule has 0 aliphatic carbocycles. The second-order valence-corrected chi connectivity index (χ2v) is 8.59. The van der Waals surface area contributed by atoms with Gasteiger partial charge >= 0.3 is 0 Å². The number of carbonyl (C=O) groups excluding carboxylic acids is 1. The molecule has 8 heteroatoms. The van der Waals surface area contributed by atoms with Gasteiger partial charge < -0.3 is 5.32 Å². The molecule has 0 aliphatic heterocycles. The van der Waals surface area contributed by atoms with E-state index < -0.39 is 21.7 Å². The van der Waals surface area contributed by atoms with Crippen LogP contribution in [0.3, 0.4) is 0 Å². The van der Waals surface area contributed by atoms with Crippen LogP contribution in [-0.2, 0) is 10.0 Å². The van der Waals surface area contributed by atoms with Crippen molar-refractivity contribution in [2.24, 2.45) is 0 Å². The number of hydrogen-bond donors (Lipinski definition) is 2. The van der Waals surface area contributed by atoms with Crippen LogP contribution in [-0.4, -0.2) is 14.3 Å². The minimum atomic E-state index is -3.76. The molecule has 29 heavy (non-hydrogen) atoms. The fourth-order valence-corrected chi connectivity index (χ4v) is 4.24. The summed E-state index contributed by atoms with van der Waals surface area (Å²) >= 11 is 5.71. The van der Waals surface area contributed by atoms with Gasteiger partial charge in [-0.15, -0.1) is 0 Å². The third kappa shape index (κ3) is 4.93. The minimum Gasteiger partial charge on any atom is -0.322 e. The number of anilines is 2. The van der Waals surface area contributed by atoms with Gasteiger partial charge in [0.1, 0.15) is 5.82 Å². The van der Waals surface area contributed by atoms with Crippen molar-refractivity contribution >= 4 is 38.9 Å². The maximum Gasteiger partial charge on any atom is 0.262 e. The molecule has 0 aliphatic rings. The summed E-state index contributed by atoms with van der Waals surface area (Å²) in [7, 11) is -3.76. The lowest BCUT2D eigenvalue weighted by Gasteiger charge is -2.12. The molecule has 5 nitrogen and oxygen atoms in total. The smallest absolute Gasteiger partial charge is 0.262 e. The van der Waals surface area contributed by atoms with Crippen LogP contribution < -0.4 is 10.0 Å². The Hall–Kier alpha value is -2.90. The first-order valence-electron chi connectivity index (χ1n) is 8.62. The number of carbonyl (C=O) groups is 1. The predicted octanol–water partition coefficient (Wildman–Crippen LogP) is 5.15. The maximum absolute atomic E-state index is 13.2. The van der Waals surface area contributed by atoms with Gasteiger partial charge in [0, 0.05) is 16.9 Å². The first-order valence-corrected chi connectivity index (χ1v) is 10.5. The predicted molar refractivity (Wildman–Crippen MR) is 113 cm³/mol. The topological polar surface area (TPSA) is 75.3 Å². The second-order valence-electron chi connectivity index (χ2n) is 6.53. The summed E-state index contributed by atoms with van der Waals surface area (Å²) in [6.45, 7) is 3.54.